The molecular weight excluding hydrogens is 408 g/mol. The summed E-state index contributed by atoms with van der Waals surface area (Å²) < 4.78 is 0. The molecule has 0 aliphatic rings. The van der Waals surface area contributed by atoms with Gasteiger partial charge in [0.05, 0.1) is 0 Å². The number of rotatable bonds is 5. The fourth-order valence-corrected chi connectivity index (χ4v) is 5.25. The van der Waals surface area contributed by atoms with Gasteiger partial charge in [-0.05, 0) is 6.42 Å². The number of aliphatic hydroxyl groups is 1. The Bertz CT molecular complexity index is 98.6. The summed E-state index contributed by atoms with van der Waals surface area (Å²) in [5.41, 5.74) is 0. The summed E-state index contributed by atoms with van der Waals surface area (Å²) in [5, 5.41) is 10.6. The molecule has 0 fully saturated rings. The number of aliphatic hydroxyl groups excluding tert-OH is 1. The van der Waals surface area contributed by atoms with Gasteiger partial charge in [-0.15, -0.1) is 0 Å². The van der Waals surface area contributed by atoms with Gasteiger partial charge in [0.15, 0.2) is 0 Å². The first kappa shape index (κ1) is 12.9. The quantitative estimate of drug-likeness (QED) is 0.681. The maximum Gasteiger partial charge on any atom is 0.113 e. The minimum Gasteiger partial charge on any atom is -0.381 e. The predicted octanol–water partition coefficient (Wildman–Crippen LogP) is 3.26. The van der Waals surface area contributed by atoms with Crippen LogP contribution in [0.15, 0.2) is 0 Å². The third-order valence-corrected chi connectivity index (χ3v) is 4.40. The van der Waals surface area contributed by atoms with Gasteiger partial charge >= 0.3 is 0 Å². The molecule has 5 heteroatoms. The first-order valence-corrected chi connectivity index (χ1v) is 7.29. The summed E-state index contributed by atoms with van der Waals surface area (Å²) in [4.78, 5) is 0.343. The highest BCUT2D eigenvalue weighted by atomic mass is 79.9. The Morgan fingerprint density at radius 1 is 1.18 bits per heavy atom. The molecule has 0 amide bonds. The molecule has 0 radical (unpaired) electrons. The van der Waals surface area contributed by atoms with Crippen LogP contribution in [0.5, 0.6) is 0 Å². The predicted molar refractivity (Wildman–Crippen MR) is 63.3 cm³/mol. The second-order valence-corrected chi connectivity index (χ2v) is 5.74. The summed E-state index contributed by atoms with van der Waals surface area (Å²) in [6.07, 6.45) is 1.01. The topological polar surface area (TPSA) is 20.2 Å². The number of alkyl halides is 4. The van der Waals surface area contributed by atoms with E-state index in [0.717, 1.165) is 17.1 Å². The zero-order valence-electron chi connectivity index (χ0n) is 5.81. The third-order valence-electron chi connectivity index (χ3n) is 1.38. The molecule has 0 aliphatic carbocycles. The Hall–Kier alpha value is 1.88. The van der Waals surface area contributed by atoms with E-state index in [2.05, 4.69) is 63.7 Å². The SMILES string of the molecule is OC(Br)C(CBr)C(Br)CCBr. The molecule has 0 saturated heterocycles. The monoisotopic (exact) mass is 414 g/mol. The minimum absolute atomic E-state index is 0.215. The molecule has 0 aromatic rings. The first-order chi connectivity index (χ1) is 5.13. The molecular formula is C6H10Br4O. The van der Waals surface area contributed by atoms with Crippen LogP contribution in [0.25, 0.3) is 0 Å². The van der Waals surface area contributed by atoms with Crippen molar-refractivity contribution in [2.24, 2.45) is 5.92 Å². The standard InChI is InChI=1S/C6H10Br4O/c7-2-1-5(9)4(3-8)6(10)11/h4-6,11H,1-3H2. The van der Waals surface area contributed by atoms with Crippen LogP contribution in [0.2, 0.25) is 0 Å². The summed E-state index contributed by atoms with van der Waals surface area (Å²) in [6.45, 7) is 0. The van der Waals surface area contributed by atoms with Gasteiger partial charge in [0.2, 0.25) is 0 Å². The van der Waals surface area contributed by atoms with E-state index in [9.17, 15) is 5.11 Å². The lowest BCUT2D eigenvalue weighted by atomic mass is 10.1. The highest BCUT2D eigenvalue weighted by Crippen LogP contribution is 2.25. The van der Waals surface area contributed by atoms with Crippen LogP contribution in [0.1, 0.15) is 6.42 Å². The van der Waals surface area contributed by atoms with Gasteiger partial charge in [0.1, 0.15) is 5.01 Å². The van der Waals surface area contributed by atoms with Crippen molar-refractivity contribution in [3.05, 3.63) is 0 Å². The van der Waals surface area contributed by atoms with E-state index < -0.39 is 5.01 Å². The van der Waals surface area contributed by atoms with Crippen LogP contribution in [0, 0.1) is 5.92 Å². The lowest BCUT2D eigenvalue weighted by Crippen LogP contribution is -2.25. The average Bonchev–Trinajstić information content (AvgIpc) is 1.88. The van der Waals surface area contributed by atoms with E-state index in [1.54, 1.807) is 0 Å². The highest BCUT2D eigenvalue weighted by molar-refractivity contribution is 9.10. The molecule has 0 heterocycles. The Labute approximate surface area is 101 Å². The highest BCUT2D eigenvalue weighted by Gasteiger charge is 2.22. The van der Waals surface area contributed by atoms with Crippen LogP contribution >= 0.6 is 63.7 Å². The molecule has 3 atom stereocenters. The fraction of sp³-hybridized carbons (Fsp3) is 1.00. The van der Waals surface area contributed by atoms with E-state index in [0.29, 0.717) is 4.83 Å². The molecule has 0 rings (SSSR count). The molecule has 1 N–H and O–H groups in total. The molecule has 0 spiro atoms. The van der Waals surface area contributed by atoms with Crippen molar-refractivity contribution in [1.29, 1.82) is 0 Å². The second-order valence-electron chi connectivity index (χ2n) is 2.18. The molecule has 0 aliphatic heterocycles. The van der Waals surface area contributed by atoms with Crippen LogP contribution < -0.4 is 0 Å². The summed E-state index contributed by atoms with van der Waals surface area (Å²) >= 11 is 13.4. The maximum atomic E-state index is 9.25. The lowest BCUT2D eigenvalue weighted by molar-refractivity contribution is 0.209. The molecule has 0 aromatic carbocycles. The van der Waals surface area contributed by atoms with Crippen LogP contribution in [-0.4, -0.2) is 25.6 Å². The van der Waals surface area contributed by atoms with Crippen molar-refractivity contribution in [2.75, 3.05) is 10.7 Å². The Morgan fingerprint density at radius 2 is 1.73 bits per heavy atom. The van der Waals surface area contributed by atoms with Crippen molar-refractivity contribution in [1.82, 2.24) is 0 Å². The summed E-state index contributed by atoms with van der Waals surface area (Å²) in [5.74, 6) is 0.215. The zero-order valence-corrected chi connectivity index (χ0v) is 12.2. The number of hydrogen-bond acceptors (Lipinski definition) is 1. The van der Waals surface area contributed by atoms with Crippen molar-refractivity contribution in [2.45, 2.75) is 16.3 Å². The summed E-state index contributed by atoms with van der Waals surface area (Å²) in [6, 6.07) is 0. The Kier molecular flexibility index (Phi) is 8.55. The van der Waals surface area contributed by atoms with E-state index in [4.69, 9.17) is 0 Å². The molecule has 0 bridgehead atoms. The van der Waals surface area contributed by atoms with Crippen LogP contribution in [-0.2, 0) is 0 Å². The van der Waals surface area contributed by atoms with E-state index in [-0.39, 0.29) is 5.92 Å². The van der Waals surface area contributed by atoms with Crippen molar-refractivity contribution < 1.29 is 5.11 Å². The largest absolute Gasteiger partial charge is 0.381 e. The molecule has 0 aromatic heterocycles. The molecule has 1 nitrogen and oxygen atoms in total. The van der Waals surface area contributed by atoms with Gasteiger partial charge in [0.25, 0.3) is 0 Å². The van der Waals surface area contributed by atoms with Crippen molar-refractivity contribution in [3.63, 3.8) is 0 Å². The van der Waals surface area contributed by atoms with Crippen LogP contribution in [0.4, 0.5) is 0 Å². The van der Waals surface area contributed by atoms with Gasteiger partial charge < -0.3 is 5.11 Å². The average molecular weight is 418 g/mol. The van der Waals surface area contributed by atoms with E-state index >= 15 is 0 Å². The zero-order chi connectivity index (χ0) is 8.85. The third kappa shape index (κ3) is 5.24. The Balaban J connectivity index is 3.81. The van der Waals surface area contributed by atoms with Gasteiger partial charge in [-0.1, -0.05) is 63.7 Å². The normalized spacial score (nSPS) is 19.4. The smallest absolute Gasteiger partial charge is 0.113 e. The van der Waals surface area contributed by atoms with Crippen LogP contribution in [0.3, 0.4) is 0 Å². The molecule has 0 saturated carbocycles. The second kappa shape index (κ2) is 7.30. The summed E-state index contributed by atoms with van der Waals surface area (Å²) in [7, 11) is 0. The Morgan fingerprint density at radius 3 is 2.00 bits per heavy atom. The number of hydrogen-bond donors (Lipinski definition) is 1. The van der Waals surface area contributed by atoms with Crippen molar-refractivity contribution >= 4 is 63.7 Å². The van der Waals surface area contributed by atoms with Gasteiger partial charge in [0, 0.05) is 21.4 Å². The molecule has 68 valence electrons. The first-order valence-electron chi connectivity index (χ1n) is 3.21. The lowest BCUT2D eigenvalue weighted by Gasteiger charge is -2.20. The van der Waals surface area contributed by atoms with E-state index in [1.807, 2.05) is 0 Å². The van der Waals surface area contributed by atoms with Crippen molar-refractivity contribution in [3.8, 4) is 0 Å². The molecule has 3 unspecified atom stereocenters. The van der Waals surface area contributed by atoms with Gasteiger partial charge in [-0.25, -0.2) is 0 Å². The maximum absolute atomic E-state index is 9.25. The number of halogens is 4. The minimum atomic E-state index is -0.440. The van der Waals surface area contributed by atoms with E-state index in [1.165, 1.54) is 0 Å². The van der Waals surface area contributed by atoms with Gasteiger partial charge in [-0.2, -0.15) is 0 Å². The fourth-order valence-electron chi connectivity index (χ4n) is 0.661. The van der Waals surface area contributed by atoms with Gasteiger partial charge in [-0.3, -0.25) is 0 Å². The molecule has 11 heavy (non-hydrogen) atoms.